The van der Waals surface area contributed by atoms with Crippen LogP contribution in [0.4, 0.5) is 0 Å². The number of hydrogen-bond acceptors (Lipinski definition) is 2. The van der Waals surface area contributed by atoms with Crippen LogP contribution in [0.25, 0.3) is 0 Å². The topological polar surface area (TPSA) is 20.3 Å². The van der Waals surface area contributed by atoms with Crippen LogP contribution in [0.3, 0.4) is 0 Å². The van der Waals surface area contributed by atoms with Crippen LogP contribution in [-0.4, -0.2) is 44.8 Å². The van der Waals surface area contributed by atoms with E-state index >= 15 is 0 Å². The minimum atomic E-state index is -0.671. The molecule has 3 atom stereocenters. The molecule has 0 bridgehead atoms. The van der Waals surface area contributed by atoms with Crippen molar-refractivity contribution < 1.29 is 4.79 Å². The van der Waals surface area contributed by atoms with Crippen molar-refractivity contribution in [1.29, 1.82) is 0 Å². The first kappa shape index (κ1) is 7.86. The van der Waals surface area contributed by atoms with Gasteiger partial charge in [0.1, 0.15) is 13.1 Å². The first-order valence-corrected chi connectivity index (χ1v) is 4.82. The monoisotopic (exact) mass is 170 g/mol. The summed E-state index contributed by atoms with van der Waals surface area (Å²) in [6.07, 6.45) is 5.75. The number of carbonyl (C=O) groups excluding carboxylic acids is 1. The number of rotatable bonds is 0. The zero-order valence-corrected chi connectivity index (χ0v) is 7.44. The summed E-state index contributed by atoms with van der Waals surface area (Å²) in [5.74, 6) is 0.583. The number of allylic oxidation sites excluding steroid dienone is 1. The standard InChI is InChI=1S/C9H10B2NO/c10-9-7(13)2-1-6-3-4-12(5-11-9)8(6)9/h1-2,6,8H,3-5H2. The van der Waals surface area contributed by atoms with Crippen molar-refractivity contribution in [2.24, 2.45) is 5.92 Å². The van der Waals surface area contributed by atoms with E-state index in [9.17, 15) is 4.79 Å². The summed E-state index contributed by atoms with van der Waals surface area (Å²) in [6.45, 7) is 1.09. The van der Waals surface area contributed by atoms with Crippen molar-refractivity contribution in [1.82, 2.24) is 4.90 Å². The van der Waals surface area contributed by atoms with Gasteiger partial charge in [0.15, 0.2) is 0 Å². The van der Waals surface area contributed by atoms with Gasteiger partial charge in [0.25, 0.3) is 0 Å². The lowest BCUT2D eigenvalue weighted by Gasteiger charge is -2.36. The Morgan fingerprint density at radius 2 is 2.54 bits per heavy atom. The van der Waals surface area contributed by atoms with Gasteiger partial charge in [0.05, 0.1) is 7.85 Å². The summed E-state index contributed by atoms with van der Waals surface area (Å²) in [6, 6.07) is 0.255. The third-order valence-electron chi connectivity index (χ3n) is 3.62. The van der Waals surface area contributed by atoms with Crippen LogP contribution in [-0.2, 0) is 4.79 Å². The Bertz CT molecular complexity index is 304. The van der Waals surface area contributed by atoms with Gasteiger partial charge in [-0.3, -0.25) is 4.79 Å². The van der Waals surface area contributed by atoms with Gasteiger partial charge in [-0.2, -0.15) is 0 Å². The molecule has 2 heterocycles. The van der Waals surface area contributed by atoms with Crippen molar-refractivity contribution in [3.8, 4) is 0 Å². The van der Waals surface area contributed by atoms with E-state index in [2.05, 4.69) is 4.90 Å². The Hall–Kier alpha value is -0.500. The molecule has 0 spiro atoms. The third kappa shape index (κ3) is 0.824. The van der Waals surface area contributed by atoms with Crippen LogP contribution in [0.1, 0.15) is 6.42 Å². The molecule has 2 aliphatic heterocycles. The van der Waals surface area contributed by atoms with Crippen LogP contribution < -0.4 is 0 Å². The molecule has 3 radical (unpaired) electrons. The van der Waals surface area contributed by atoms with Crippen LogP contribution in [0.2, 0.25) is 5.21 Å². The molecule has 4 heteroatoms. The zero-order chi connectivity index (χ0) is 9.05. The maximum absolute atomic E-state index is 11.6. The molecule has 13 heavy (non-hydrogen) atoms. The van der Waals surface area contributed by atoms with E-state index in [1.54, 1.807) is 6.08 Å². The Morgan fingerprint density at radius 1 is 1.69 bits per heavy atom. The van der Waals surface area contributed by atoms with Crippen molar-refractivity contribution in [2.75, 3.05) is 13.0 Å². The van der Waals surface area contributed by atoms with Crippen LogP contribution in [0.15, 0.2) is 12.2 Å². The number of ketones is 1. The van der Waals surface area contributed by atoms with E-state index in [-0.39, 0.29) is 11.8 Å². The lowest BCUT2D eigenvalue weighted by molar-refractivity contribution is -0.116. The molecular formula is C9H10B2NO. The molecule has 63 valence electrons. The SMILES string of the molecule is [B]C12[B]CN3CCC(C=CC1=O)C32. The maximum Gasteiger partial charge on any atom is 0.146 e. The molecule has 0 aromatic heterocycles. The van der Waals surface area contributed by atoms with Gasteiger partial charge in [0.2, 0.25) is 0 Å². The molecule has 3 aliphatic rings. The smallest absolute Gasteiger partial charge is 0.146 e. The van der Waals surface area contributed by atoms with Gasteiger partial charge in [-0.05, 0) is 36.6 Å². The second-order valence-corrected chi connectivity index (χ2v) is 4.25. The minimum absolute atomic E-state index is 0.0816. The van der Waals surface area contributed by atoms with Crippen molar-refractivity contribution in [2.45, 2.75) is 17.7 Å². The maximum atomic E-state index is 11.6. The van der Waals surface area contributed by atoms with Crippen molar-refractivity contribution >= 4 is 20.9 Å². The molecule has 0 saturated carbocycles. The molecule has 2 fully saturated rings. The summed E-state index contributed by atoms with van der Waals surface area (Å²) < 4.78 is 0. The predicted molar refractivity (Wildman–Crippen MR) is 51.8 cm³/mol. The second kappa shape index (κ2) is 2.30. The third-order valence-corrected chi connectivity index (χ3v) is 3.62. The molecule has 2 saturated heterocycles. The molecule has 0 aromatic carbocycles. The Morgan fingerprint density at radius 3 is 3.38 bits per heavy atom. The lowest BCUT2D eigenvalue weighted by Crippen LogP contribution is -2.43. The first-order valence-electron chi connectivity index (χ1n) is 4.82. The molecule has 0 amide bonds. The summed E-state index contributed by atoms with van der Waals surface area (Å²) >= 11 is 0. The van der Waals surface area contributed by atoms with Gasteiger partial charge < -0.3 is 4.90 Å². The zero-order valence-electron chi connectivity index (χ0n) is 7.44. The Kier molecular flexibility index (Phi) is 1.39. The van der Waals surface area contributed by atoms with Crippen molar-refractivity contribution in [3.63, 3.8) is 0 Å². The highest BCUT2D eigenvalue weighted by Crippen LogP contribution is 2.47. The van der Waals surface area contributed by atoms with E-state index < -0.39 is 5.21 Å². The molecule has 2 nitrogen and oxygen atoms in total. The van der Waals surface area contributed by atoms with E-state index in [1.165, 1.54) is 0 Å². The fourth-order valence-electron chi connectivity index (χ4n) is 2.94. The molecular weight excluding hydrogens is 160 g/mol. The molecule has 3 rings (SSSR count). The quantitative estimate of drug-likeness (QED) is 0.468. The molecule has 0 aromatic rings. The highest BCUT2D eigenvalue weighted by atomic mass is 16.1. The van der Waals surface area contributed by atoms with E-state index in [0.29, 0.717) is 5.92 Å². The molecule has 1 aliphatic carbocycles. The second-order valence-electron chi connectivity index (χ2n) is 4.25. The van der Waals surface area contributed by atoms with Gasteiger partial charge in [0, 0.05) is 6.04 Å². The Balaban J connectivity index is 2.10. The van der Waals surface area contributed by atoms with E-state index in [4.69, 9.17) is 7.85 Å². The molecule has 0 N–H and O–H groups in total. The fourth-order valence-corrected chi connectivity index (χ4v) is 2.94. The first-order chi connectivity index (χ1) is 6.22. The highest BCUT2D eigenvalue weighted by Gasteiger charge is 2.54. The normalized spacial score (nSPS) is 47.8. The summed E-state index contributed by atoms with van der Waals surface area (Å²) in [5, 5.41) is -0.671. The number of carbonyl (C=O) groups is 1. The number of nitrogens with zero attached hydrogens (tertiary/aromatic N) is 1. The fraction of sp³-hybridized carbons (Fsp3) is 0.667. The highest BCUT2D eigenvalue weighted by molar-refractivity contribution is 6.64. The van der Waals surface area contributed by atoms with E-state index in [0.717, 1.165) is 19.4 Å². The van der Waals surface area contributed by atoms with Gasteiger partial charge >= 0.3 is 0 Å². The van der Waals surface area contributed by atoms with E-state index in [1.807, 2.05) is 13.4 Å². The minimum Gasteiger partial charge on any atom is -0.308 e. The number of hydrogen-bond donors (Lipinski definition) is 0. The van der Waals surface area contributed by atoms with Crippen LogP contribution in [0, 0.1) is 5.92 Å². The largest absolute Gasteiger partial charge is 0.308 e. The summed E-state index contributed by atoms with van der Waals surface area (Å²) in [7, 11) is 8.11. The van der Waals surface area contributed by atoms with Gasteiger partial charge in [-0.15, -0.1) is 0 Å². The van der Waals surface area contributed by atoms with Crippen molar-refractivity contribution in [3.05, 3.63) is 12.2 Å². The lowest BCUT2D eigenvalue weighted by atomic mass is 9.38. The summed E-state index contributed by atoms with van der Waals surface area (Å²) in [4.78, 5) is 14.0. The van der Waals surface area contributed by atoms with Gasteiger partial charge in [-0.1, -0.05) is 6.08 Å². The Labute approximate surface area is 80.0 Å². The molecule has 3 unspecified atom stereocenters. The summed E-state index contributed by atoms with van der Waals surface area (Å²) in [5.41, 5.74) is 0. The van der Waals surface area contributed by atoms with Gasteiger partial charge in [-0.25, -0.2) is 0 Å². The van der Waals surface area contributed by atoms with Crippen LogP contribution in [0.5, 0.6) is 0 Å². The average molecular weight is 170 g/mol. The predicted octanol–water partition coefficient (Wildman–Crippen LogP) is -0.224. The van der Waals surface area contributed by atoms with Crippen LogP contribution >= 0.6 is 0 Å². The average Bonchev–Trinajstić information content (AvgIpc) is 2.65.